The highest BCUT2D eigenvalue weighted by atomic mass is 127. The van der Waals surface area contributed by atoms with Gasteiger partial charge in [-0.1, -0.05) is 0 Å². The summed E-state index contributed by atoms with van der Waals surface area (Å²) in [5.74, 6) is 1.69. The van der Waals surface area contributed by atoms with E-state index in [4.69, 9.17) is 5.26 Å². The largest absolute Gasteiger partial charge is 0.390 e. The zero-order valence-corrected chi connectivity index (χ0v) is 16.7. The average molecular weight is 478 g/mol. The lowest BCUT2D eigenvalue weighted by molar-refractivity contribution is -0.0165. The molecule has 5 fully saturated rings. The molecule has 2 bridgehead atoms. The van der Waals surface area contributed by atoms with Crippen molar-refractivity contribution in [2.24, 2.45) is 17.3 Å². The maximum Gasteiger partial charge on any atom is 0.194 e. The molecule has 0 aliphatic heterocycles. The molecule has 0 radical (unpaired) electrons. The van der Waals surface area contributed by atoms with Crippen LogP contribution in [0.5, 0.6) is 0 Å². The molecule has 0 spiro atoms. The molecule has 2 aromatic heterocycles. The van der Waals surface area contributed by atoms with E-state index in [2.05, 4.69) is 48.9 Å². The molecule has 9 heteroatoms. The molecule has 0 amide bonds. The minimum atomic E-state index is -0.920. The fourth-order valence-electron chi connectivity index (χ4n) is 5.81. The summed E-state index contributed by atoms with van der Waals surface area (Å²) in [5, 5.41) is 34.0. The van der Waals surface area contributed by atoms with Crippen molar-refractivity contribution in [2.75, 3.05) is 5.32 Å². The second-order valence-electron chi connectivity index (χ2n) is 8.85. The predicted octanol–water partition coefficient (Wildman–Crippen LogP) is 1.59. The molecular formula is C18H19IN6O2. The molecule has 3 N–H and O–H groups in total. The number of imidazole rings is 1. The summed E-state index contributed by atoms with van der Waals surface area (Å²) >= 11 is 2.11. The maximum absolute atomic E-state index is 10.7. The number of nitrogens with one attached hydrogen (secondary N) is 1. The summed E-state index contributed by atoms with van der Waals surface area (Å²) in [6.45, 7) is 0. The first-order valence-electron chi connectivity index (χ1n) is 9.38. The maximum atomic E-state index is 10.7. The highest BCUT2D eigenvalue weighted by Crippen LogP contribution is 2.69. The van der Waals surface area contributed by atoms with E-state index in [1.807, 2.05) is 4.57 Å². The number of rotatable bonds is 4. The zero-order chi connectivity index (χ0) is 18.6. The lowest BCUT2D eigenvalue weighted by Crippen LogP contribution is -2.63. The SMILES string of the molecule is N#CC[C@@]12C[C@@H]1[C@@H](n1cnc3c(NC45CC(C4)C5)nc(I)nc31)[C@H](O)[C@@H]2O. The van der Waals surface area contributed by atoms with E-state index in [-0.39, 0.29) is 23.9 Å². The van der Waals surface area contributed by atoms with Crippen LogP contribution in [-0.4, -0.2) is 47.5 Å². The Morgan fingerprint density at radius 3 is 2.74 bits per heavy atom. The Morgan fingerprint density at radius 2 is 2.07 bits per heavy atom. The van der Waals surface area contributed by atoms with Crippen molar-refractivity contribution < 1.29 is 10.2 Å². The summed E-state index contributed by atoms with van der Waals surface area (Å²) in [4.78, 5) is 13.7. The third kappa shape index (κ3) is 2.01. The van der Waals surface area contributed by atoms with E-state index >= 15 is 0 Å². The van der Waals surface area contributed by atoms with E-state index in [0.29, 0.717) is 15.0 Å². The van der Waals surface area contributed by atoms with Gasteiger partial charge in [0.1, 0.15) is 6.10 Å². The molecular weight excluding hydrogens is 459 g/mol. The number of aromatic nitrogens is 4. The molecule has 5 atom stereocenters. The molecule has 2 heterocycles. The number of nitrogens with zero attached hydrogens (tertiary/aromatic N) is 5. The number of aliphatic hydroxyl groups excluding tert-OH is 2. The summed E-state index contributed by atoms with van der Waals surface area (Å²) in [7, 11) is 0. The minimum Gasteiger partial charge on any atom is -0.390 e. The molecule has 27 heavy (non-hydrogen) atoms. The smallest absolute Gasteiger partial charge is 0.194 e. The van der Waals surface area contributed by atoms with Crippen LogP contribution in [0.1, 0.15) is 38.1 Å². The van der Waals surface area contributed by atoms with Crippen molar-refractivity contribution in [1.82, 2.24) is 19.5 Å². The topological polar surface area (TPSA) is 120 Å². The number of fused-ring (bicyclic) bond motifs is 2. The van der Waals surface area contributed by atoms with E-state index in [9.17, 15) is 10.2 Å². The van der Waals surface area contributed by atoms with Gasteiger partial charge in [0.05, 0.1) is 24.5 Å². The number of nitriles is 1. The van der Waals surface area contributed by atoms with Gasteiger partial charge >= 0.3 is 0 Å². The standard InChI is InChI=1S/C18H19IN6O2/c19-16-22-14(24-17-3-8(4-17)5-17)10-15(23-16)25(7-21-10)11-9-6-18(9,1-2-20)13(27)12(11)26/h7-9,11-13,26-27H,1,3-6H2,(H,22,23,24)/t8?,9-,11-,12+,13+,17?,18-/m1/s1. The Labute approximate surface area is 169 Å². The van der Waals surface area contributed by atoms with Gasteiger partial charge in [-0.25, -0.2) is 15.0 Å². The number of halogens is 1. The second kappa shape index (κ2) is 5.10. The fourth-order valence-corrected chi connectivity index (χ4v) is 6.28. The van der Waals surface area contributed by atoms with Crippen molar-refractivity contribution in [2.45, 2.75) is 55.9 Å². The van der Waals surface area contributed by atoms with Gasteiger partial charge in [-0.05, 0) is 37.5 Å². The lowest BCUT2D eigenvalue weighted by Gasteiger charge is -2.62. The Hall–Kier alpha value is -1.51. The van der Waals surface area contributed by atoms with Gasteiger partial charge in [-0.3, -0.25) is 0 Å². The molecule has 0 aromatic carbocycles. The first kappa shape index (κ1) is 16.4. The zero-order valence-electron chi connectivity index (χ0n) is 14.5. The Bertz CT molecular complexity index is 1000. The molecule has 5 aliphatic rings. The Kier molecular flexibility index (Phi) is 3.10. The van der Waals surface area contributed by atoms with Crippen LogP contribution < -0.4 is 5.32 Å². The van der Waals surface area contributed by atoms with Crippen molar-refractivity contribution in [3.63, 3.8) is 0 Å². The van der Waals surface area contributed by atoms with Gasteiger partial charge in [0.2, 0.25) is 0 Å². The molecule has 0 saturated heterocycles. The highest BCUT2D eigenvalue weighted by molar-refractivity contribution is 14.1. The van der Waals surface area contributed by atoms with Crippen LogP contribution in [0.25, 0.3) is 11.2 Å². The van der Waals surface area contributed by atoms with Crippen LogP contribution in [0.2, 0.25) is 0 Å². The van der Waals surface area contributed by atoms with Crippen molar-refractivity contribution >= 4 is 39.6 Å². The molecule has 5 aliphatic carbocycles. The van der Waals surface area contributed by atoms with Crippen LogP contribution >= 0.6 is 22.6 Å². The molecule has 7 rings (SSSR count). The summed E-state index contributed by atoms with van der Waals surface area (Å²) in [6.07, 6.45) is 4.50. The average Bonchev–Trinajstić information content (AvgIpc) is 3.05. The fraction of sp³-hybridized carbons (Fsp3) is 0.667. The van der Waals surface area contributed by atoms with Crippen molar-refractivity contribution in [1.29, 1.82) is 5.26 Å². The minimum absolute atomic E-state index is 0.0706. The van der Waals surface area contributed by atoms with Gasteiger partial charge in [0, 0.05) is 40.0 Å². The van der Waals surface area contributed by atoms with Crippen LogP contribution in [0.15, 0.2) is 6.33 Å². The third-order valence-electron chi connectivity index (χ3n) is 7.40. The number of anilines is 1. The van der Waals surface area contributed by atoms with E-state index in [1.54, 1.807) is 6.33 Å². The Morgan fingerprint density at radius 1 is 1.30 bits per heavy atom. The summed E-state index contributed by atoms with van der Waals surface area (Å²) in [5.41, 5.74) is 1.09. The first-order valence-corrected chi connectivity index (χ1v) is 10.5. The van der Waals surface area contributed by atoms with E-state index in [0.717, 1.165) is 18.2 Å². The summed E-state index contributed by atoms with van der Waals surface area (Å²) < 4.78 is 2.51. The summed E-state index contributed by atoms with van der Waals surface area (Å²) in [6, 6.07) is 1.86. The molecule has 8 nitrogen and oxygen atoms in total. The van der Waals surface area contributed by atoms with Gasteiger partial charge in [-0.2, -0.15) is 5.26 Å². The van der Waals surface area contributed by atoms with Crippen LogP contribution in [-0.2, 0) is 0 Å². The lowest BCUT2D eigenvalue weighted by atomic mass is 9.50. The van der Waals surface area contributed by atoms with E-state index in [1.165, 1.54) is 19.3 Å². The van der Waals surface area contributed by atoms with Gasteiger partial charge in [0.25, 0.3) is 0 Å². The molecule has 5 saturated carbocycles. The van der Waals surface area contributed by atoms with Crippen molar-refractivity contribution in [3.8, 4) is 6.07 Å². The van der Waals surface area contributed by atoms with Gasteiger partial charge in [-0.15, -0.1) is 0 Å². The molecule has 2 aromatic rings. The quantitative estimate of drug-likeness (QED) is 0.451. The molecule has 0 unspecified atom stereocenters. The highest BCUT2D eigenvalue weighted by Gasteiger charge is 2.71. The third-order valence-corrected chi connectivity index (χ3v) is 7.88. The van der Waals surface area contributed by atoms with Crippen LogP contribution in [0, 0.1) is 32.4 Å². The number of hydrogen-bond acceptors (Lipinski definition) is 7. The second-order valence-corrected chi connectivity index (χ2v) is 9.82. The van der Waals surface area contributed by atoms with Crippen molar-refractivity contribution in [3.05, 3.63) is 10.2 Å². The monoisotopic (exact) mass is 478 g/mol. The van der Waals surface area contributed by atoms with Gasteiger partial charge < -0.3 is 20.1 Å². The number of hydrogen-bond donors (Lipinski definition) is 3. The molecule has 140 valence electrons. The van der Waals surface area contributed by atoms with E-state index < -0.39 is 17.6 Å². The first-order chi connectivity index (χ1) is 13.0. The predicted molar refractivity (Wildman–Crippen MR) is 104 cm³/mol. The Balaban J connectivity index is 1.41. The van der Waals surface area contributed by atoms with Crippen LogP contribution in [0.3, 0.4) is 0 Å². The normalized spacial score (nSPS) is 43.6. The number of aliphatic hydroxyl groups is 2. The van der Waals surface area contributed by atoms with Crippen LogP contribution in [0.4, 0.5) is 5.82 Å². The van der Waals surface area contributed by atoms with Gasteiger partial charge in [0.15, 0.2) is 20.8 Å².